The number of benzene rings is 1. The zero-order valence-corrected chi connectivity index (χ0v) is 14.4. The molecule has 0 bridgehead atoms. The molecule has 1 aromatic heterocycles. The van der Waals surface area contributed by atoms with Gasteiger partial charge in [0.1, 0.15) is 17.5 Å². The van der Waals surface area contributed by atoms with Crippen molar-refractivity contribution in [2.45, 2.75) is 13.3 Å². The van der Waals surface area contributed by atoms with Gasteiger partial charge in [0, 0.05) is 32.2 Å². The van der Waals surface area contributed by atoms with E-state index in [1.165, 1.54) is 12.1 Å². The van der Waals surface area contributed by atoms with E-state index in [-0.39, 0.29) is 11.7 Å². The number of nitrogens with zero attached hydrogens (tertiary/aromatic N) is 4. The van der Waals surface area contributed by atoms with Crippen molar-refractivity contribution in [1.82, 2.24) is 14.9 Å². The summed E-state index contributed by atoms with van der Waals surface area (Å²) in [6, 6.07) is 7.87. The van der Waals surface area contributed by atoms with Crippen LogP contribution >= 0.6 is 0 Å². The fourth-order valence-corrected chi connectivity index (χ4v) is 2.87. The second-order valence-electron chi connectivity index (χ2n) is 5.99. The van der Waals surface area contributed by atoms with Gasteiger partial charge in [-0.2, -0.15) is 4.98 Å². The van der Waals surface area contributed by atoms with Crippen molar-refractivity contribution in [2.24, 2.45) is 0 Å². The minimum absolute atomic E-state index is 0.0581. The molecule has 0 spiro atoms. The molecule has 1 aromatic carbocycles. The number of piperazine rings is 1. The lowest BCUT2D eigenvalue weighted by Crippen LogP contribution is -2.49. The van der Waals surface area contributed by atoms with E-state index in [9.17, 15) is 9.18 Å². The molecular formula is C18H21FN4O2. The van der Waals surface area contributed by atoms with Crippen molar-refractivity contribution >= 4 is 11.7 Å². The van der Waals surface area contributed by atoms with Crippen LogP contribution in [0.3, 0.4) is 0 Å². The standard InChI is InChI=1S/C18H21FN4O2/c1-13-20-16(12-17(21-13)25-2)22-7-9-23(10-8-22)18(24)11-14-3-5-15(19)6-4-14/h3-6,12H,7-11H2,1-2H3. The fourth-order valence-electron chi connectivity index (χ4n) is 2.87. The zero-order valence-electron chi connectivity index (χ0n) is 14.4. The Hall–Kier alpha value is -2.70. The van der Waals surface area contributed by atoms with Crippen molar-refractivity contribution < 1.29 is 13.9 Å². The lowest BCUT2D eigenvalue weighted by Gasteiger charge is -2.35. The number of amides is 1. The summed E-state index contributed by atoms with van der Waals surface area (Å²) in [5.74, 6) is 1.78. The molecule has 2 heterocycles. The normalized spacial score (nSPS) is 14.5. The molecule has 0 unspecified atom stereocenters. The second-order valence-corrected chi connectivity index (χ2v) is 5.99. The van der Waals surface area contributed by atoms with Gasteiger partial charge in [-0.15, -0.1) is 0 Å². The Morgan fingerprint density at radius 1 is 1.16 bits per heavy atom. The molecule has 1 fully saturated rings. The third-order valence-electron chi connectivity index (χ3n) is 4.24. The Labute approximate surface area is 146 Å². The molecular weight excluding hydrogens is 323 g/mol. The summed E-state index contributed by atoms with van der Waals surface area (Å²) in [5, 5.41) is 0. The van der Waals surface area contributed by atoms with E-state index < -0.39 is 0 Å². The van der Waals surface area contributed by atoms with Crippen molar-refractivity contribution in [2.75, 3.05) is 38.2 Å². The smallest absolute Gasteiger partial charge is 0.227 e. The van der Waals surface area contributed by atoms with Crippen LogP contribution in [0.25, 0.3) is 0 Å². The van der Waals surface area contributed by atoms with E-state index in [1.54, 1.807) is 19.2 Å². The van der Waals surface area contributed by atoms with Crippen LogP contribution in [-0.4, -0.2) is 54.1 Å². The molecule has 3 rings (SSSR count). The molecule has 7 heteroatoms. The molecule has 1 aliphatic rings. The molecule has 0 radical (unpaired) electrons. The number of carbonyl (C=O) groups excluding carboxylic acids is 1. The first-order valence-corrected chi connectivity index (χ1v) is 8.22. The van der Waals surface area contributed by atoms with Crippen molar-refractivity contribution in [3.8, 4) is 5.88 Å². The number of ether oxygens (including phenoxy) is 1. The highest BCUT2D eigenvalue weighted by Crippen LogP contribution is 2.19. The van der Waals surface area contributed by atoms with Crippen molar-refractivity contribution in [3.63, 3.8) is 0 Å². The number of carbonyl (C=O) groups is 1. The first kappa shape index (κ1) is 17.1. The van der Waals surface area contributed by atoms with Crippen LogP contribution in [0.15, 0.2) is 30.3 Å². The van der Waals surface area contributed by atoms with Gasteiger partial charge >= 0.3 is 0 Å². The largest absolute Gasteiger partial charge is 0.481 e. The molecule has 0 N–H and O–H groups in total. The maximum absolute atomic E-state index is 12.9. The lowest BCUT2D eigenvalue weighted by molar-refractivity contribution is -0.130. The summed E-state index contributed by atoms with van der Waals surface area (Å²) < 4.78 is 18.1. The summed E-state index contributed by atoms with van der Waals surface area (Å²) in [4.78, 5) is 25.0. The summed E-state index contributed by atoms with van der Waals surface area (Å²) in [5.41, 5.74) is 0.824. The van der Waals surface area contributed by atoms with Gasteiger partial charge in [-0.25, -0.2) is 9.37 Å². The van der Waals surface area contributed by atoms with E-state index in [4.69, 9.17) is 4.74 Å². The molecule has 1 amide bonds. The highest BCUT2D eigenvalue weighted by Gasteiger charge is 2.22. The van der Waals surface area contributed by atoms with Gasteiger partial charge in [0.25, 0.3) is 0 Å². The molecule has 2 aromatic rings. The van der Waals surface area contributed by atoms with E-state index in [1.807, 2.05) is 17.9 Å². The van der Waals surface area contributed by atoms with Crippen LogP contribution in [-0.2, 0) is 11.2 Å². The molecule has 1 aliphatic heterocycles. The summed E-state index contributed by atoms with van der Waals surface area (Å²) in [7, 11) is 1.58. The minimum Gasteiger partial charge on any atom is -0.481 e. The second kappa shape index (κ2) is 7.46. The van der Waals surface area contributed by atoms with E-state index in [0.717, 1.165) is 11.4 Å². The van der Waals surface area contributed by atoms with Gasteiger partial charge < -0.3 is 14.5 Å². The highest BCUT2D eigenvalue weighted by atomic mass is 19.1. The minimum atomic E-state index is -0.291. The number of hydrogen-bond acceptors (Lipinski definition) is 5. The predicted molar refractivity (Wildman–Crippen MR) is 92.2 cm³/mol. The Bertz CT molecular complexity index is 743. The van der Waals surface area contributed by atoms with E-state index in [2.05, 4.69) is 14.9 Å². The summed E-state index contributed by atoms with van der Waals surface area (Å²) >= 11 is 0. The van der Waals surface area contributed by atoms with Crippen LogP contribution in [0.5, 0.6) is 5.88 Å². The monoisotopic (exact) mass is 344 g/mol. The number of anilines is 1. The number of halogens is 1. The highest BCUT2D eigenvalue weighted by molar-refractivity contribution is 5.79. The van der Waals surface area contributed by atoms with Crippen LogP contribution in [0.2, 0.25) is 0 Å². The SMILES string of the molecule is COc1cc(N2CCN(C(=O)Cc3ccc(F)cc3)CC2)nc(C)n1. The third kappa shape index (κ3) is 4.23. The fraction of sp³-hybridized carbons (Fsp3) is 0.389. The Morgan fingerprint density at radius 2 is 1.84 bits per heavy atom. The number of rotatable bonds is 4. The molecule has 1 saturated heterocycles. The Kier molecular flexibility index (Phi) is 5.11. The predicted octanol–water partition coefficient (Wildman–Crippen LogP) is 1.82. The Morgan fingerprint density at radius 3 is 2.48 bits per heavy atom. The number of methoxy groups -OCH3 is 1. The average Bonchev–Trinajstić information content (AvgIpc) is 2.63. The van der Waals surface area contributed by atoms with Crippen LogP contribution < -0.4 is 9.64 Å². The molecule has 132 valence electrons. The van der Waals surface area contributed by atoms with E-state index >= 15 is 0 Å². The van der Waals surface area contributed by atoms with Gasteiger partial charge in [0.05, 0.1) is 13.5 Å². The van der Waals surface area contributed by atoms with E-state index in [0.29, 0.717) is 44.3 Å². The maximum Gasteiger partial charge on any atom is 0.227 e. The van der Waals surface area contributed by atoms with Crippen molar-refractivity contribution in [3.05, 3.63) is 47.5 Å². The van der Waals surface area contributed by atoms with Gasteiger partial charge in [-0.1, -0.05) is 12.1 Å². The number of aryl methyl sites for hydroxylation is 1. The number of aromatic nitrogens is 2. The molecule has 6 nitrogen and oxygen atoms in total. The Balaban J connectivity index is 1.58. The summed E-state index contributed by atoms with van der Waals surface area (Å²) in [6.07, 6.45) is 0.292. The van der Waals surface area contributed by atoms with Crippen LogP contribution in [0, 0.1) is 12.7 Å². The first-order chi connectivity index (χ1) is 12.0. The van der Waals surface area contributed by atoms with Gasteiger partial charge in [0.2, 0.25) is 11.8 Å². The lowest BCUT2D eigenvalue weighted by atomic mass is 10.1. The molecule has 0 aliphatic carbocycles. The zero-order chi connectivity index (χ0) is 17.8. The molecule has 0 atom stereocenters. The maximum atomic E-state index is 12.9. The van der Waals surface area contributed by atoms with Crippen molar-refractivity contribution in [1.29, 1.82) is 0 Å². The van der Waals surface area contributed by atoms with Gasteiger partial charge in [-0.3, -0.25) is 4.79 Å². The third-order valence-corrected chi connectivity index (χ3v) is 4.24. The summed E-state index contributed by atoms with van der Waals surface area (Å²) in [6.45, 7) is 4.49. The first-order valence-electron chi connectivity index (χ1n) is 8.22. The van der Waals surface area contributed by atoms with Gasteiger partial charge in [-0.05, 0) is 24.6 Å². The van der Waals surface area contributed by atoms with Gasteiger partial charge in [0.15, 0.2) is 0 Å². The quantitative estimate of drug-likeness (QED) is 0.847. The van der Waals surface area contributed by atoms with Crippen LogP contribution in [0.4, 0.5) is 10.2 Å². The number of hydrogen-bond donors (Lipinski definition) is 0. The molecule has 0 saturated carbocycles. The average molecular weight is 344 g/mol. The molecule has 25 heavy (non-hydrogen) atoms. The topological polar surface area (TPSA) is 58.6 Å². The van der Waals surface area contributed by atoms with Crippen LogP contribution in [0.1, 0.15) is 11.4 Å².